The Morgan fingerprint density at radius 2 is 0.746 bits per heavy atom. The highest BCUT2D eigenvalue weighted by atomic mass is 16.3. The SMILES string of the molecule is [2H]c1c([2H])c([2H])c(-c2ccc3c(c2)N(c2cccc4c2oc2c(C5c6ccc(C(C)(C)C)cc6-c6cc(C(C)(C)C)ccc65)cccc24)c2cc(-c4cc(C(C)(C)C)cc(C(C)(C)C)c4)cc4c2B3c2ccc(-n3c5ccc(C(C)(C)C)cc5c5cc(C(C)(C)C)ccc53)cc2N4c2cc(-c3ccccc3)cc(-c3ccccc3)c2)c([2H])c1[2H]. The van der Waals surface area contributed by atoms with E-state index in [1.54, 1.807) is 0 Å². The number of anilines is 6. The molecule has 14 aromatic carbocycles. The van der Waals surface area contributed by atoms with Crippen molar-refractivity contribution in [3.63, 3.8) is 0 Å². The van der Waals surface area contributed by atoms with Crippen molar-refractivity contribution < 1.29 is 11.3 Å². The van der Waals surface area contributed by atoms with Crippen LogP contribution >= 0.6 is 0 Å². The van der Waals surface area contributed by atoms with Crippen LogP contribution in [0.1, 0.15) is 187 Å². The minimum atomic E-state index is -0.449. The maximum absolute atomic E-state index is 9.72. The third kappa shape index (κ3) is 12.1. The van der Waals surface area contributed by atoms with Crippen molar-refractivity contribution in [3.05, 3.63) is 335 Å². The molecule has 2 aliphatic heterocycles. The van der Waals surface area contributed by atoms with Gasteiger partial charge in [-0.3, -0.25) is 0 Å². The predicted octanol–water partition coefficient (Wildman–Crippen LogP) is 28.4. The van der Waals surface area contributed by atoms with Crippen LogP contribution in [-0.2, 0) is 32.5 Å². The van der Waals surface area contributed by atoms with Gasteiger partial charge in [-0.25, -0.2) is 0 Å². The summed E-state index contributed by atoms with van der Waals surface area (Å²) in [5.41, 5.74) is 33.2. The molecule has 19 rings (SSSR count). The van der Waals surface area contributed by atoms with E-state index in [2.05, 4.69) is 388 Å². The predicted molar refractivity (Wildman–Crippen MR) is 489 cm³/mol. The molecule has 1 aliphatic carbocycles. The zero-order valence-electron chi connectivity index (χ0n) is 74.2. The average molecular weight is 1490 g/mol. The Morgan fingerprint density at radius 3 is 1.28 bits per heavy atom. The lowest BCUT2D eigenvalue weighted by atomic mass is 9.33. The van der Waals surface area contributed by atoms with Crippen LogP contribution in [0.3, 0.4) is 0 Å². The number of benzene rings is 14. The molecule has 0 radical (unpaired) electrons. The van der Waals surface area contributed by atoms with Gasteiger partial charge in [0.15, 0.2) is 5.58 Å². The van der Waals surface area contributed by atoms with Gasteiger partial charge in [0, 0.05) is 67.2 Å². The van der Waals surface area contributed by atoms with E-state index in [1.165, 1.54) is 66.4 Å². The number of hydrogen-bond acceptors (Lipinski definition) is 3. The Kier molecular flexibility index (Phi) is 15.2. The van der Waals surface area contributed by atoms with Gasteiger partial charge in [0.25, 0.3) is 6.71 Å². The average Bonchev–Trinajstić information content (AvgIpc) is 1.41. The van der Waals surface area contributed by atoms with Gasteiger partial charge in [-0.05, 0) is 228 Å². The summed E-state index contributed by atoms with van der Waals surface area (Å²) in [5.74, 6) is -0.149. The molecular weight excluding hydrogens is 1380 g/mol. The molecule has 5 heteroatoms. The van der Waals surface area contributed by atoms with E-state index in [0.29, 0.717) is 11.1 Å². The summed E-state index contributed by atoms with van der Waals surface area (Å²) >= 11 is 0. The van der Waals surface area contributed by atoms with Crippen LogP contribution in [-0.4, -0.2) is 11.3 Å². The highest BCUT2D eigenvalue weighted by molar-refractivity contribution is 7.00. The topological polar surface area (TPSA) is 24.6 Å². The second-order valence-corrected chi connectivity index (χ2v) is 38.7. The number of fused-ring (bicyclic) bond motifs is 13. The first-order valence-electron chi connectivity index (χ1n) is 43.3. The van der Waals surface area contributed by atoms with Gasteiger partial charge in [-0.15, -0.1) is 0 Å². The molecule has 562 valence electrons. The molecule has 0 spiro atoms. The summed E-state index contributed by atoms with van der Waals surface area (Å²) in [6.45, 7) is 41.0. The minimum absolute atomic E-state index is 0.0787. The fraction of sp³-hybridized carbons (Fsp3) is 0.229. The first kappa shape index (κ1) is 66.9. The first-order valence-corrected chi connectivity index (χ1v) is 40.8. The van der Waals surface area contributed by atoms with E-state index in [4.69, 9.17) is 5.79 Å². The number of hydrogen-bond donors (Lipinski definition) is 0. The quantitative estimate of drug-likeness (QED) is 0.142. The van der Waals surface area contributed by atoms with Crippen molar-refractivity contribution in [2.45, 2.75) is 163 Å². The Morgan fingerprint density at radius 1 is 0.289 bits per heavy atom. The van der Waals surface area contributed by atoms with Crippen LogP contribution in [0, 0.1) is 0 Å². The van der Waals surface area contributed by atoms with Crippen molar-refractivity contribution in [2.75, 3.05) is 9.80 Å². The zero-order valence-corrected chi connectivity index (χ0v) is 69.2. The van der Waals surface area contributed by atoms with E-state index in [-0.39, 0.29) is 56.1 Å². The van der Waals surface area contributed by atoms with E-state index in [0.717, 1.165) is 123 Å². The molecule has 0 bridgehead atoms. The highest BCUT2D eigenvalue weighted by Gasteiger charge is 2.46. The molecule has 0 unspecified atom stereocenters. The number of para-hydroxylation sites is 2. The van der Waals surface area contributed by atoms with Crippen LogP contribution in [0.2, 0.25) is 0 Å². The fourth-order valence-corrected chi connectivity index (χ4v) is 18.3. The minimum Gasteiger partial charge on any atom is -0.454 e. The van der Waals surface area contributed by atoms with Gasteiger partial charge in [-0.1, -0.05) is 331 Å². The highest BCUT2D eigenvalue weighted by Crippen LogP contribution is 2.56. The Balaban J connectivity index is 0.951. The van der Waals surface area contributed by atoms with Crippen LogP contribution in [0.25, 0.3) is 105 Å². The van der Waals surface area contributed by atoms with E-state index < -0.39 is 24.8 Å². The molecular formula is C109H102BN3O. The molecule has 0 N–H and O–H groups in total. The van der Waals surface area contributed by atoms with Gasteiger partial charge in [0.2, 0.25) is 0 Å². The van der Waals surface area contributed by atoms with Crippen LogP contribution < -0.4 is 26.2 Å². The maximum Gasteiger partial charge on any atom is 0.252 e. The van der Waals surface area contributed by atoms with Crippen LogP contribution in [0.4, 0.5) is 34.1 Å². The van der Waals surface area contributed by atoms with E-state index in [1.807, 2.05) is 6.07 Å². The lowest BCUT2D eigenvalue weighted by Gasteiger charge is -2.45. The van der Waals surface area contributed by atoms with Gasteiger partial charge in [0.1, 0.15) is 5.58 Å². The van der Waals surface area contributed by atoms with Crippen LogP contribution in [0.5, 0.6) is 0 Å². The molecule has 114 heavy (non-hydrogen) atoms. The van der Waals surface area contributed by atoms with Gasteiger partial charge >= 0.3 is 0 Å². The Bertz CT molecular complexity index is 6690. The molecule has 0 atom stereocenters. The molecule has 4 heterocycles. The lowest BCUT2D eigenvalue weighted by molar-refractivity contribution is 0.569. The van der Waals surface area contributed by atoms with Crippen LogP contribution in [0.15, 0.2) is 289 Å². The maximum atomic E-state index is 9.72. The van der Waals surface area contributed by atoms with Crippen molar-refractivity contribution in [3.8, 4) is 61.3 Å². The second kappa shape index (κ2) is 25.9. The van der Waals surface area contributed by atoms with Crippen molar-refractivity contribution in [1.29, 1.82) is 0 Å². The molecule has 16 aromatic rings. The number of furan rings is 1. The van der Waals surface area contributed by atoms with E-state index in [9.17, 15) is 5.48 Å². The van der Waals surface area contributed by atoms with Crippen molar-refractivity contribution >= 4 is 101 Å². The van der Waals surface area contributed by atoms with Gasteiger partial charge in [-0.2, -0.15) is 0 Å². The third-order valence-electron chi connectivity index (χ3n) is 24.8. The van der Waals surface area contributed by atoms with Gasteiger partial charge < -0.3 is 18.8 Å². The normalized spacial score (nSPS) is 14.4. The first-order chi connectivity index (χ1) is 56.4. The molecule has 0 fully saturated rings. The Labute approximate surface area is 681 Å². The smallest absolute Gasteiger partial charge is 0.252 e. The molecule has 0 saturated carbocycles. The number of nitrogens with zero attached hydrogens (tertiary/aromatic N) is 3. The van der Waals surface area contributed by atoms with Crippen molar-refractivity contribution in [2.24, 2.45) is 0 Å². The summed E-state index contributed by atoms with van der Waals surface area (Å²) in [7, 11) is 0. The number of rotatable bonds is 8. The van der Waals surface area contributed by atoms with Crippen molar-refractivity contribution in [1.82, 2.24) is 4.57 Å². The zero-order chi connectivity index (χ0) is 83.5. The van der Waals surface area contributed by atoms with Gasteiger partial charge in [0.05, 0.1) is 23.6 Å². The number of aromatic nitrogens is 1. The third-order valence-corrected chi connectivity index (χ3v) is 24.8. The monoisotopic (exact) mass is 1480 g/mol. The molecule has 3 aliphatic rings. The molecule has 2 aromatic heterocycles. The Hall–Kier alpha value is -11.7. The fourth-order valence-electron chi connectivity index (χ4n) is 18.3. The molecule has 4 nitrogen and oxygen atoms in total. The summed E-state index contributed by atoms with van der Waals surface area (Å²) in [6, 6.07) is 94.2. The second-order valence-electron chi connectivity index (χ2n) is 38.7. The summed E-state index contributed by atoms with van der Waals surface area (Å²) in [4.78, 5) is 4.98. The summed E-state index contributed by atoms with van der Waals surface area (Å²) < 4.78 is 57.2. The molecule has 0 amide bonds. The largest absolute Gasteiger partial charge is 0.454 e. The standard InChI is InChI=1S/C109H102BN3O/c1-104(2,3)74-41-46-82-87(61-74)88-62-75(105(4,5)6)42-47-83(88)100(82)86-38-28-36-84-85-37-29-39-95(103(85)114-102(84)86)113-96-57-69(66-30-22-19-23-31-66)40-48-91(96)110-92-49-45-80(111-93-50-43-76(106(7,8)9)63-89(93)90-64-77(107(10,11)12)44-51-94(90)111)65-97(92)112(81-55-70(67-32-24-20-25-33-67)52-71(56-81)68-34-26-21-27-35-68)98-58-73(59-99(113)101(98)110)72-53-78(108(13,14)15)60-79(54-72)109(16,17)18/h19-65,100H,1-18H3/i19D,22D,23D,30D,31D. The van der Waals surface area contributed by atoms with E-state index >= 15 is 0 Å². The molecule has 0 saturated heterocycles. The summed E-state index contributed by atoms with van der Waals surface area (Å²) in [5, 5.41) is 4.35. The lowest BCUT2D eigenvalue weighted by Crippen LogP contribution is -2.61. The summed E-state index contributed by atoms with van der Waals surface area (Å²) in [6.07, 6.45) is 0.